The molecule has 6 nitrogen and oxygen atoms in total. The summed E-state index contributed by atoms with van der Waals surface area (Å²) >= 11 is 0. The van der Waals surface area contributed by atoms with E-state index in [2.05, 4.69) is 5.10 Å². The Morgan fingerprint density at radius 2 is 2.05 bits per heavy atom. The van der Waals surface area contributed by atoms with Gasteiger partial charge in [0.2, 0.25) is 0 Å². The molecule has 2 heterocycles. The number of hydrogen-bond donors (Lipinski definition) is 0. The van der Waals surface area contributed by atoms with E-state index in [1.165, 1.54) is 10.7 Å². The van der Waals surface area contributed by atoms with Gasteiger partial charge in [-0.05, 0) is 44.6 Å². The number of hydrogen-bond acceptors (Lipinski definition) is 4. The van der Waals surface area contributed by atoms with E-state index in [0.717, 1.165) is 13.1 Å². The summed E-state index contributed by atoms with van der Waals surface area (Å²) < 4.78 is 6.90. The maximum atomic E-state index is 12.0. The quantitative estimate of drug-likeness (QED) is 0.825. The molecule has 1 aliphatic heterocycles. The van der Waals surface area contributed by atoms with Crippen molar-refractivity contribution in [3.05, 3.63) is 28.7 Å². The van der Waals surface area contributed by atoms with E-state index in [-0.39, 0.29) is 11.7 Å². The number of nitrogens with zero attached hydrogens (tertiary/aromatic N) is 3. The van der Waals surface area contributed by atoms with Gasteiger partial charge in [0.25, 0.3) is 5.56 Å². The number of rotatable bonds is 2. The lowest BCUT2D eigenvalue weighted by Gasteiger charge is -2.25. The topological polar surface area (TPSA) is 64.4 Å². The van der Waals surface area contributed by atoms with Crippen LogP contribution in [0.5, 0.6) is 0 Å². The van der Waals surface area contributed by atoms with Crippen molar-refractivity contribution in [3.8, 4) is 0 Å². The lowest BCUT2D eigenvalue weighted by atomic mass is 10.2. The minimum Gasteiger partial charge on any atom is -0.444 e. The van der Waals surface area contributed by atoms with Gasteiger partial charge in [-0.3, -0.25) is 4.79 Å². The first kappa shape index (κ1) is 14.1. The van der Waals surface area contributed by atoms with E-state index < -0.39 is 5.60 Å². The first-order valence-electron chi connectivity index (χ1n) is 7.35. The van der Waals surface area contributed by atoms with Crippen LogP contribution in [-0.2, 0) is 11.3 Å². The van der Waals surface area contributed by atoms with E-state index in [4.69, 9.17) is 4.74 Å². The second-order valence-electron chi connectivity index (χ2n) is 6.92. The summed E-state index contributed by atoms with van der Waals surface area (Å²) in [6, 6.07) is 3.18. The zero-order chi connectivity index (χ0) is 15.2. The molecule has 2 aliphatic rings. The fourth-order valence-corrected chi connectivity index (χ4v) is 3.12. The minimum absolute atomic E-state index is 0.0635. The normalized spacial score (nSPS) is 27.4. The Labute approximate surface area is 123 Å². The van der Waals surface area contributed by atoms with Gasteiger partial charge < -0.3 is 9.64 Å². The largest absolute Gasteiger partial charge is 0.444 e. The molecule has 0 N–H and O–H groups in total. The average molecular weight is 291 g/mol. The summed E-state index contributed by atoms with van der Waals surface area (Å²) in [5.41, 5.74) is -0.517. The molecule has 1 saturated heterocycles. The third-order valence-corrected chi connectivity index (χ3v) is 4.19. The molecule has 1 amide bonds. The Morgan fingerprint density at radius 1 is 1.38 bits per heavy atom. The van der Waals surface area contributed by atoms with Crippen LogP contribution in [0.25, 0.3) is 0 Å². The van der Waals surface area contributed by atoms with Crippen LogP contribution in [0.2, 0.25) is 0 Å². The molecule has 3 rings (SSSR count). The Bertz CT molecular complexity index is 593. The SMILES string of the molecule is CC(C)(C)OC(=O)N1CC2C(C1)C2Cn1ncccc1=O. The van der Waals surface area contributed by atoms with Gasteiger partial charge in [-0.1, -0.05) is 0 Å². The van der Waals surface area contributed by atoms with Gasteiger partial charge in [0.1, 0.15) is 5.60 Å². The number of ether oxygens (including phenoxy) is 1. The molecule has 0 bridgehead atoms. The predicted molar refractivity (Wildman–Crippen MR) is 76.8 cm³/mol. The van der Waals surface area contributed by atoms with Crippen molar-refractivity contribution in [2.24, 2.45) is 17.8 Å². The summed E-state index contributed by atoms with van der Waals surface area (Å²) in [4.78, 5) is 25.4. The Morgan fingerprint density at radius 3 is 2.62 bits per heavy atom. The smallest absolute Gasteiger partial charge is 0.410 e. The fraction of sp³-hybridized carbons (Fsp3) is 0.667. The minimum atomic E-state index is -0.454. The number of amides is 1. The average Bonchev–Trinajstić information content (AvgIpc) is 2.83. The monoisotopic (exact) mass is 291 g/mol. The molecular formula is C15H21N3O3. The third-order valence-electron chi connectivity index (χ3n) is 4.19. The van der Waals surface area contributed by atoms with Crippen molar-refractivity contribution in [2.75, 3.05) is 13.1 Å². The molecule has 1 aromatic rings. The van der Waals surface area contributed by atoms with Gasteiger partial charge in [0.15, 0.2) is 0 Å². The summed E-state index contributed by atoms with van der Waals surface area (Å²) in [5.74, 6) is 1.41. The van der Waals surface area contributed by atoms with Gasteiger partial charge in [-0.15, -0.1) is 0 Å². The van der Waals surface area contributed by atoms with Crippen LogP contribution < -0.4 is 5.56 Å². The number of fused-ring (bicyclic) bond motifs is 1. The maximum absolute atomic E-state index is 12.0. The molecule has 2 unspecified atom stereocenters. The van der Waals surface area contributed by atoms with Crippen LogP contribution in [0.4, 0.5) is 4.79 Å². The molecule has 21 heavy (non-hydrogen) atoms. The van der Waals surface area contributed by atoms with Crippen LogP contribution in [0.15, 0.2) is 23.1 Å². The van der Waals surface area contributed by atoms with Crippen molar-refractivity contribution in [1.29, 1.82) is 0 Å². The Kier molecular flexibility index (Phi) is 3.26. The summed E-state index contributed by atoms with van der Waals surface area (Å²) in [5, 5.41) is 4.09. The van der Waals surface area contributed by atoms with Crippen LogP contribution in [0, 0.1) is 17.8 Å². The molecule has 0 radical (unpaired) electrons. The summed E-state index contributed by atoms with van der Waals surface area (Å²) in [7, 11) is 0. The van der Waals surface area contributed by atoms with Gasteiger partial charge in [-0.2, -0.15) is 5.10 Å². The molecule has 1 aromatic heterocycles. The molecule has 2 atom stereocenters. The van der Waals surface area contributed by atoms with Crippen molar-refractivity contribution in [3.63, 3.8) is 0 Å². The lowest BCUT2D eigenvalue weighted by molar-refractivity contribution is 0.0264. The number of aromatic nitrogens is 2. The first-order chi connectivity index (χ1) is 9.85. The van der Waals surface area contributed by atoms with E-state index >= 15 is 0 Å². The maximum Gasteiger partial charge on any atom is 0.410 e. The standard InChI is InChI=1S/C15H21N3O3/c1-15(2,3)21-14(20)17-7-10-11(8-17)12(10)9-18-13(19)5-4-6-16-18/h4-6,10-12H,7-9H2,1-3H3. The zero-order valence-electron chi connectivity index (χ0n) is 12.7. The molecule has 0 aromatic carbocycles. The molecule has 1 aliphatic carbocycles. The lowest BCUT2D eigenvalue weighted by Crippen LogP contribution is -2.37. The molecular weight excluding hydrogens is 270 g/mol. The first-order valence-corrected chi connectivity index (χ1v) is 7.35. The van der Waals surface area contributed by atoms with Crippen molar-refractivity contribution < 1.29 is 9.53 Å². The predicted octanol–water partition coefficient (Wildman–Crippen LogP) is 1.36. The molecule has 0 spiro atoms. The van der Waals surface area contributed by atoms with Crippen LogP contribution in [-0.4, -0.2) is 39.5 Å². The summed E-state index contributed by atoms with van der Waals surface area (Å²) in [6.45, 7) is 7.73. The van der Waals surface area contributed by atoms with Crippen molar-refractivity contribution >= 4 is 6.09 Å². The van der Waals surface area contributed by atoms with Crippen LogP contribution in [0.1, 0.15) is 20.8 Å². The Hall–Kier alpha value is -1.85. The molecule has 6 heteroatoms. The van der Waals surface area contributed by atoms with E-state index in [0.29, 0.717) is 24.3 Å². The number of piperidine rings is 1. The van der Waals surface area contributed by atoms with E-state index in [9.17, 15) is 9.59 Å². The molecule has 2 fully saturated rings. The van der Waals surface area contributed by atoms with Crippen molar-refractivity contribution in [2.45, 2.75) is 32.9 Å². The van der Waals surface area contributed by atoms with Gasteiger partial charge in [0, 0.05) is 31.9 Å². The number of carbonyl (C=O) groups is 1. The van der Waals surface area contributed by atoms with Crippen molar-refractivity contribution in [1.82, 2.24) is 14.7 Å². The molecule has 114 valence electrons. The highest BCUT2D eigenvalue weighted by Crippen LogP contribution is 2.52. The highest BCUT2D eigenvalue weighted by molar-refractivity contribution is 5.68. The second kappa shape index (κ2) is 4.86. The van der Waals surface area contributed by atoms with E-state index in [1.807, 2.05) is 20.8 Å². The number of carbonyl (C=O) groups excluding carboxylic acids is 1. The Balaban J connectivity index is 1.54. The van der Waals surface area contributed by atoms with Gasteiger partial charge >= 0.3 is 6.09 Å². The third kappa shape index (κ3) is 2.94. The zero-order valence-corrected chi connectivity index (χ0v) is 12.7. The highest BCUT2D eigenvalue weighted by atomic mass is 16.6. The van der Waals surface area contributed by atoms with Crippen LogP contribution in [0.3, 0.4) is 0 Å². The van der Waals surface area contributed by atoms with Gasteiger partial charge in [-0.25, -0.2) is 9.48 Å². The van der Waals surface area contributed by atoms with E-state index in [1.54, 1.807) is 17.2 Å². The van der Waals surface area contributed by atoms with Gasteiger partial charge in [0.05, 0.1) is 0 Å². The number of likely N-dealkylation sites (tertiary alicyclic amines) is 1. The second-order valence-corrected chi connectivity index (χ2v) is 6.92. The fourth-order valence-electron chi connectivity index (χ4n) is 3.12. The van der Waals surface area contributed by atoms with Crippen LogP contribution >= 0.6 is 0 Å². The molecule has 1 saturated carbocycles. The summed E-state index contributed by atoms with van der Waals surface area (Å²) in [6.07, 6.45) is 1.40. The highest BCUT2D eigenvalue weighted by Gasteiger charge is 2.57.